The van der Waals surface area contributed by atoms with Crippen LogP contribution in [0.25, 0.3) is 0 Å². The van der Waals surface area contributed by atoms with Gasteiger partial charge in [-0.25, -0.2) is 4.79 Å². The van der Waals surface area contributed by atoms with Crippen LogP contribution in [0.15, 0.2) is 30.3 Å². The average molecular weight is 319 g/mol. The number of aliphatic hydroxyl groups is 1. The molecule has 4 heteroatoms. The van der Waals surface area contributed by atoms with Crippen molar-refractivity contribution in [2.45, 2.75) is 58.2 Å². The van der Waals surface area contributed by atoms with Crippen LogP contribution >= 0.6 is 0 Å². The lowest BCUT2D eigenvalue weighted by Crippen LogP contribution is -2.47. The first kappa shape index (κ1) is 17.8. The number of carbonyl (C=O) groups is 1. The highest BCUT2D eigenvalue weighted by atomic mass is 16.6. The van der Waals surface area contributed by atoms with Crippen LogP contribution in [0, 0.1) is 5.92 Å². The third-order valence-electron chi connectivity index (χ3n) is 4.23. The van der Waals surface area contributed by atoms with Gasteiger partial charge in [0.25, 0.3) is 0 Å². The van der Waals surface area contributed by atoms with Crippen molar-refractivity contribution in [3.05, 3.63) is 35.9 Å². The second kappa shape index (κ2) is 7.82. The number of ether oxygens (including phenoxy) is 1. The molecular formula is C19H29NO3. The van der Waals surface area contributed by atoms with Gasteiger partial charge in [-0.15, -0.1) is 0 Å². The van der Waals surface area contributed by atoms with Crippen LogP contribution in [0.3, 0.4) is 0 Å². The van der Waals surface area contributed by atoms with Crippen molar-refractivity contribution >= 4 is 6.09 Å². The Morgan fingerprint density at radius 2 is 2.00 bits per heavy atom. The normalized spacial score (nSPS) is 22.0. The summed E-state index contributed by atoms with van der Waals surface area (Å²) in [4.78, 5) is 13.9. The average Bonchev–Trinajstić information content (AvgIpc) is 2.48. The molecule has 1 heterocycles. The van der Waals surface area contributed by atoms with E-state index in [1.807, 2.05) is 26.8 Å². The summed E-state index contributed by atoms with van der Waals surface area (Å²) in [5.41, 5.74) is 0.845. The van der Waals surface area contributed by atoms with Crippen LogP contribution in [-0.2, 0) is 11.2 Å². The van der Waals surface area contributed by atoms with E-state index in [1.165, 1.54) is 5.56 Å². The lowest BCUT2D eigenvalue weighted by molar-refractivity contribution is -0.0103. The standard InChI is InChI=1S/C19H29NO3/c1-19(2,3)23-18(22)20-13-12-17(21)16(14-20)11-7-10-15-8-5-4-6-9-15/h4-6,8-9,16-17,21H,7,10-14H2,1-3H3. The predicted octanol–water partition coefficient (Wildman–Crippen LogP) is 3.63. The number of benzene rings is 1. The van der Waals surface area contributed by atoms with E-state index in [-0.39, 0.29) is 18.1 Å². The van der Waals surface area contributed by atoms with Crippen LogP contribution in [0.5, 0.6) is 0 Å². The first-order valence-corrected chi connectivity index (χ1v) is 8.55. The van der Waals surface area contributed by atoms with Gasteiger partial charge in [0.1, 0.15) is 5.60 Å². The Morgan fingerprint density at radius 3 is 2.65 bits per heavy atom. The Labute approximate surface area is 139 Å². The van der Waals surface area contributed by atoms with Gasteiger partial charge in [0.05, 0.1) is 6.10 Å². The van der Waals surface area contributed by atoms with Crippen molar-refractivity contribution < 1.29 is 14.6 Å². The second-order valence-corrected chi connectivity index (χ2v) is 7.42. The molecule has 4 nitrogen and oxygen atoms in total. The summed E-state index contributed by atoms with van der Waals surface area (Å²) in [7, 11) is 0. The van der Waals surface area contributed by atoms with Crippen molar-refractivity contribution in [2.75, 3.05) is 13.1 Å². The first-order chi connectivity index (χ1) is 10.8. The largest absolute Gasteiger partial charge is 0.444 e. The minimum Gasteiger partial charge on any atom is -0.444 e. The molecule has 2 atom stereocenters. The molecule has 0 aliphatic carbocycles. The second-order valence-electron chi connectivity index (χ2n) is 7.42. The summed E-state index contributed by atoms with van der Waals surface area (Å²) in [5, 5.41) is 10.2. The topological polar surface area (TPSA) is 49.8 Å². The molecule has 1 aromatic rings. The van der Waals surface area contributed by atoms with E-state index in [0.717, 1.165) is 19.3 Å². The third kappa shape index (κ3) is 5.87. The summed E-state index contributed by atoms with van der Waals surface area (Å²) in [6, 6.07) is 10.4. The monoisotopic (exact) mass is 319 g/mol. The van der Waals surface area contributed by atoms with Crippen molar-refractivity contribution in [1.29, 1.82) is 0 Å². The minimum atomic E-state index is -0.476. The molecule has 1 aliphatic heterocycles. The number of piperidine rings is 1. The fourth-order valence-electron chi connectivity index (χ4n) is 3.01. The van der Waals surface area contributed by atoms with Crippen LogP contribution in [0.2, 0.25) is 0 Å². The SMILES string of the molecule is CC(C)(C)OC(=O)N1CCC(O)C(CCCc2ccccc2)C1. The highest BCUT2D eigenvalue weighted by Crippen LogP contribution is 2.24. The van der Waals surface area contributed by atoms with Crippen molar-refractivity contribution in [2.24, 2.45) is 5.92 Å². The fourth-order valence-corrected chi connectivity index (χ4v) is 3.01. The zero-order chi connectivity index (χ0) is 16.9. The molecule has 0 radical (unpaired) electrons. The molecule has 2 unspecified atom stereocenters. The van der Waals surface area contributed by atoms with Gasteiger partial charge in [-0.2, -0.15) is 0 Å². The zero-order valence-corrected chi connectivity index (χ0v) is 14.5. The van der Waals surface area contributed by atoms with Crippen LogP contribution in [0.4, 0.5) is 4.79 Å². The molecule has 0 aromatic heterocycles. The number of amides is 1. The predicted molar refractivity (Wildman–Crippen MR) is 91.3 cm³/mol. The molecular weight excluding hydrogens is 290 g/mol. The first-order valence-electron chi connectivity index (χ1n) is 8.55. The molecule has 2 rings (SSSR count). The number of aryl methyl sites for hydroxylation is 1. The van der Waals surface area contributed by atoms with Gasteiger partial charge in [-0.05, 0) is 52.0 Å². The molecule has 23 heavy (non-hydrogen) atoms. The summed E-state index contributed by atoms with van der Waals surface area (Å²) < 4.78 is 5.44. The van der Waals surface area contributed by atoms with Crippen molar-refractivity contribution in [3.63, 3.8) is 0 Å². The highest BCUT2D eigenvalue weighted by Gasteiger charge is 2.32. The van der Waals surface area contributed by atoms with Crippen LogP contribution < -0.4 is 0 Å². The van der Waals surface area contributed by atoms with Crippen LogP contribution in [-0.4, -0.2) is 40.9 Å². The number of hydrogen-bond acceptors (Lipinski definition) is 3. The number of carbonyl (C=O) groups excluding carboxylic acids is 1. The Bertz CT molecular complexity index is 495. The molecule has 1 aliphatic rings. The number of rotatable bonds is 4. The zero-order valence-electron chi connectivity index (χ0n) is 14.5. The van der Waals surface area contributed by atoms with Crippen molar-refractivity contribution in [1.82, 2.24) is 4.90 Å². The summed E-state index contributed by atoms with van der Waals surface area (Å²) >= 11 is 0. The van der Waals surface area contributed by atoms with E-state index >= 15 is 0 Å². The minimum absolute atomic E-state index is 0.139. The molecule has 128 valence electrons. The molecule has 1 N–H and O–H groups in total. The van der Waals surface area contributed by atoms with E-state index in [9.17, 15) is 9.90 Å². The maximum absolute atomic E-state index is 12.2. The Kier molecular flexibility index (Phi) is 6.05. The molecule has 1 fully saturated rings. The van der Waals surface area contributed by atoms with Gasteiger partial charge in [-0.3, -0.25) is 0 Å². The Morgan fingerprint density at radius 1 is 1.30 bits per heavy atom. The molecule has 1 amide bonds. The maximum Gasteiger partial charge on any atom is 0.410 e. The van der Waals surface area contributed by atoms with Crippen LogP contribution in [0.1, 0.15) is 45.6 Å². The van der Waals surface area contributed by atoms with Gasteiger partial charge < -0.3 is 14.7 Å². The number of hydrogen-bond donors (Lipinski definition) is 1. The fraction of sp³-hybridized carbons (Fsp3) is 0.632. The highest BCUT2D eigenvalue weighted by molar-refractivity contribution is 5.68. The smallest absolute Gasteiger partial charge is 0.410 e. The van der Waals surface area contributed by atoms with Crippen molar-refractivity contribution in [3.8, 4) is 0 Å². The van der Waals surface area contributed by atoms with E-state index < -0.39 is 5.60 Å². The summed E-state index contributed by atoms with van der Waals surface area (Å²) in [6.07, 6.45) is 3.01. The van der Waals surface area contributed by atoms with E-state index in [1.54, 1.807) is 4.90 Å². The van der Waals surface area contributed by atoms with Gasteiger partial charge in [0, 0.05) is 19.0 Å². The van der Waals surface area contributed by atoms with Gasteiger partial charge in [0.2, 0.25) is 0 Å². The summed E-state index contributed by atoms with van der Waals surface area (Å²) in [5.74, 6) is 0.139. The Balaban J connectivity index is 1.82. The van der Waals surface area contributed by atoms with E-state index in [2.05, 4.69) is 24.3 Å². The van der Waals surface area contributed by atoms with E-state index in [4.69, 9.17) is 4.74 Å². The maximum atomic E-state index is 12.2. The molecule has 0 saturated carbocycles. The Hall–Kier alpha value is -1.55. The van der Waals surface area contributed by atoms with Gasteiger partial charge >= 0.3 is 6.09 Å². The summed E-state index contributed by atoms with van der Waals surface area (Å²) in [6.45, 7) is 6.79. The quantitative estimate of drug-likeness (QED) is 0.922. The molecule has 0 bridgehead atoms. The lowest BCUT2D eigenvalue weighted by atomic mass is 9.89. The van der Waals surface area contributed by atoms with Gasteiger partial charge in [-0.1, -0.05) is 30.3 Å². The molecule has 0 spiro atoms. The third-order valence-corrected chi connectivity index (χ3v) is 4.23. The number of aliphatic hydroxyl groups excluding tert-OH is 1. The molecule has 1 saturated heterocycles. The van der Waals surface area contributed by atoms with E-state index in [0.29, 0.717) is 19.5 Å². The lowest BCUT2D eigenvalue weighted by Gasteiger charge is -2.37. The van der Waals surface area contributed by atoms with Gasteiger partial charge in [0.15, 0.2) is 0 Å². The number of nitrogens with zero attached hydrogens (tertiary/aromatic N) is 1. The number of likely N-dealkylation sites (tertiary alicyclic amines) is 1. The molecule has 1 aromatic carbocycles.